The fourth-order valence-corrected chi connectivity index (χ4v) is 2.34. The Kier molecular flexibility index (Phi) is 9.85. The van der Waals surface area contributed by atoms with Crippen molar-refractivity contribution in [2.75, 3.05) is 12.5 Å². The second-order valence-electron chi connectivity index (χ2n) is 5.04. The first-order valence-corrected chi connectivity index (χ1v) is 8.83. The van der Waals surface area contributed by atoms with Crippen molar-refractivity contribution in [1.29, 1.82) is 0 Å². The Hall–Kier alpha value is -2.55. The molecule has 1 aromatic rings. The predicted octanol–water partition coefficient (Wildman–Crippen LogP) is 2.01. The van der Waals surface area contributed by atoms with Crippen LogP contribution in [-0.2, 0) is 35.2 Å². The number of amides is 1. The lowest BCUT2D eigenvalue weighted by molar-refractivity contribution is -0.151. The molecule has 1 amide bonds. The number of thioether (sulfide) groups is 1. The van der Waals surface area contributed by atoms with E-state index >= 15 is 0 Å². The van der Waals surface area contributed by atoms with Gasteiger partial charge in [0.2, 0.25) is 12.7 Å². The second kappa shape index (κ2) is 11.9. The molecule has 1 N–H and O–H groups in total. The van der Waals surface area contributed by atoms with E-state index < -0.39 is 36.0 Å². The number of nitrogens with one attached hydrogen (secondary N) is 1. The number of carbonyl (C=O) groups excluding carboxylic acids is 4. The van der Waals surface area contributed by atoms with Gasteiger partial charge in [-0.15, -0.1) is 0 Å². The summed E-state index contributed by atoms with van der Waals surface area (Å²) in [5.74, 6) is -1.67. The smallest absolute Gasteiger partial charge is 0.370 e. The molecular formula is C17H21NO7S. The van der Waals surface area contributed by atoms with Crippen molar-refractivity contribution in [2.24, 2.45) is 0 Å². The summed E-state index contributed by atoms with van der Waals surface area (Å²) in [6, 6.07) is 8.05. The van der Waals surface area contributed by atoms with E-state index in [-0.39, 0.29) is 18.8 Å². The summed E-state index contributed by atoms with van der Waals surface area (Å²) in [4.78, 5) is 45.9. The minimum Gasteiger partial charge on any atom is -0.459 e. The topological polar surface area (TPSA) is 108 Å². The van der Waals surface area contributed by atoms with Gasteiger partial charge in [-0.05, 0) is 17.3 Å². The third kappa shape index (κ3) is 9.07. The molecule has 0 saturated heterocycles. The molecule has 0 bridgehead atoms. The highest BCUT2D eigenvalue weighted by molar-refractivity contribution is 8.13. The molecule has 0 aromatic heterocycles. The lowest BCUT2D eigenvalue weighted by atomic mass is 10.2. The number of hydrogen-bond acceptors (Lipinski definition) is 8. The fraction of sp³-hybridized carbons (Fsp3) is 0.412. The summed E-state index contributed by atoms with van der Waals surface area (Å²) in [7, 11) is 0. The molecule has 26 heavy (non-hydrogen) atoms. The summed E-state index contributed by atoms with van der Waals surface area (Å²) in [6.45, 7) is 2.42. The average Bonchev–Trinajstić information content (AvgIpc) is 2.63. The maximum atomic E-state index is 12.1. The number of benzene rings is 1. The highest BCUT2D eigenvalue weighted by atomic mass is 32.2. The van der Waals surface area contributed by atoms with Crippen molar-refractivity contribution in [1.82, 2.24) is 5.32 Å². The number of rotatable bonds is 9. The van der Waals surface area contributed by atoms with Crippen molar-refractivity contribution in [3.63, 3.8) is 0 Å². The monoisotopic (exact) mass is 383 g/mol. The van der Waals surface area contributed by atoms with Gasteiger partial charge >= 0.3 is 17.2 Å². The van der Waals surface area contributed by atoms with Gasteiger partial charge in [-0.3, -0.25) is 9.59 Å². The second-order valence-corrected chi connectivity index (χ2v) is 5.99. The van der Waals surface area contributed by atoms with Crippen LogP contribution < -0.4 is 5.32 Å². The van der Waals surface area contributed by atoms with Crippen molar-refractivity contribution in [3.05, 3.63) is 35.9 Å². The molecule has 1 atom stereocenters. The van der Waals surface area contributed by atoms with Gasteiger partial charge in [-0.1, -0.05) is 37.3 Å². The molecule has 0 saturated carbocycles. The van der Waals surface area contributed by atoms with Crippen molar-refractivity contribution in [2.45, 2.75) is 32.9 Å². The minimum atomic E-state index is -1.01. The zero-order valence-electron chi connectivity index (χ0n) is 14.6. The van der Waals surface area contributed by atoms with Crippen LogP contribution in [-0.4, -0.2) is 41.7 Å². The van der Waals surface area contributed by atoms with Gasteiger partial charge in [0.25, 0.3) is 0 Å². The molecule has 8 nitrogen and oxygen atoms in total. The predicted molar refractivity (Wildman–Crippen MR) is 94.0 cm³/mol. The summed E-state index contributed by atoms with van der Waals surface area (Å²) < 4.78 is 14.5. The van der Waals surface area contributed by atoms with Gasteiger partial charge in [0, 0.05) is 19.1 Å². The normalized spacial score (nSPS) is 11.2. The SMILES string of the molecule is CCC(=O)OCOC(=O)SC[C@H](NC(C)=O)C(=O)OCc1ccccc1. The lowest BCUT2D eigenvalue weighted by Crippen LogP contribution is -2.42. The number of ether oxygens (including phenoxy) is 3. The van der Waals surface area contributed by atoms with Crippen LogP contribution >= 0.6 is 11.8 Å². The Morgan fingerprint density at radius 1 is 1.08 bits per heavy atom. The Bertz CT molecular complexity index is 621. The number of hydrogen-bond donors (Lipinski definition) is 1. The Morgan fingerprint density at radius 3 is 2.38 bits per heavy atom. The first kappa shape index (κ1) is 21.5. The lowest BCUT2D eigenvalue weighted by Gasteiger charge is -2.16. The molecule has 0 fully saturated rings. The van der Waals surface area contributed by atoms with E-state index in [1.165, 1.54) is 6.92 Å². The van der Waals surface area contributed by atoms with Crippen LogP contribution in [0, 0.1) is 0 Å². The summed E-state index contributed by atoms with van der Waals surface area (Å²) in [5.41, 5.74) is 0.798. The largest absolute Gasteiger partial charge is 0.459 e. The van der Waals surface area contributed by atoms with Gasteiger partial charge in [-0.2, -0.15) is 0 Å². The highest BCUT2D eigenvalue weighted by Gasteiger charge is 2.23. The molecule has 9 heteroatoms. The van der Waals surface area contributed by atoms with Crippen molar-refractivity contribution >= 4 is 34.9 Å². The summed E-state index contributed by atoms with van der Waals surface area (Å²) >= 11 is 0.668. The van der Waals surface area contributed by atoms with Gasteiger partial charge in [0.1, 0.15) is 12.6 Å². The zero-order chi connectivity index (χ0) is 19.4. The van der Waals surface area contributed by atoms with E-state index in [0.717, 1.165) is 5.56 Å². The quantitative estimate of drug-likeness (QED) is 0.510. The van der Waals surface area contributed by atoms with E-state index in [2.05, 4.69) is 10.1 Å². The zero-order valence-corrected chi connectivity index (χ0v) is 15.4. The molecule has 0 radical (unpaired) electrons. The third-order valence-electron chi connectivity index (χ3n) is 2.94. The Morgan fingerprint density at radius 2 is 1.77 bits per heavy atom. The fourth-order valence-electron chi connectivity index (χ4n) is 1.68. The first-order valence-electron chi connectivity index (χ1n) is 7.85. The standard InChI is InChI=1S/C17H21NO7S/c1-3-15(20)24-11-25-17(22)26-10-14(18-12(2)19)16(21)23-9-13-7-5-4-6-8-13/h4-8,14H,3,9-11H2,1-2H3,(H,18,19)/t14-/m0/s1. The highest BCUT2D eigenvalue weighted by Crippen LogP contribution is 2.10. The van der Waals surface area contributed by atoms with E-state index in [1.807, 2.05) is 18.2 Å². The van der Waals surface area contributed by atoms with Crippen LogP contribution in [0.3, 0.4) is 0 Å². The van der Waals surface area contributed by atoms with Crippen LogP contribution in [0.15, 0.2) is 30.3 Å². The molecule has 142 valence electrons. The Balaban J connectivity index is 2.44. The van der Waals surface area contributed by atoms with E-state index in [0.29, 0.717) is 11.8 Å². The van der Waals surface area contributed by atoms with Crippen LogP contribution in [0.1, 0.15) is 25.8 Å². The van der Waals surface area contributed by atoms with Crippen LogP contribution in [0.4, 0.5) is 4.79 Å². The molecule has 0 aliphatic heterocycles. The maximum Gasteiger partial charge on any atom is 0.370 e. The van der Waals surface area contributed by atoms with Gasteiger partial charge in [-0.25, -0.2) is 9.59 Å². The van der Waals surface area contributed by atoms with Crippen molar-refractivity contribution in [3.8, 4) is 0 Å². The number of esters is 2. The van der Waals surface area contributed by atoms with Gasteiger partial charge < -0.3 is 19.5 Å². The van der Waals surface area contributed by atoms with Crippen LogP contribution in [0.5, 0.6) is 0 Å². The van der Waals surface area contributed by atoms with E-state index in [1.54, 1.807) is 19.1 Å². The summed E-state index contributed by atoms with van der Waals surface area (Å²) in [5, 5.41) is 1.69. The van der Waals surface area contributed by atoms with Gasteiger partial charge in [0.15, 0.2) is 0 Å². The molecule has 0 spiro atoms. The molecule has 1 rings (SSSR count). The minimum absolute atomic E-state index is 0.0534. The molecule has 0 aliphatic rings. The summed E-state index contributed by atoms with van der Waals surface area (Å²) in [6.07, 6.45) is 0.169. The molecular weight excluding hydrogens is 362 g/mol. The maximum absolute atomic E-state index is 12.1. The molecule has 0 unspecified atom stereocenters. The van der Waals surface area contributed by atoms with Crippen LogP contribution in [0.2, 0.25) is 0 Å². The average molecular weight is 383 g/mol. The number of carbonyl (C=O) groups is 4. The first-order chi connectivity index (χ1) is 12.4. The van der Waals surface area contributed by atoms with E-state index in [4.69, 9.17) is 9.47 Å². The van der Waals surface area contributed by atoms with Crippen molar-refractivity contribution < 1.29 is 33.4 Å². The molecule has 0 heterocycles. The van der Waals surface area contributed by atoms with E-state index in [9.17, 15) is 19.2 Å². The molecule has 0 aliphatic carbocycles. The Labute approximate surface area is 155 Å². The third-order valence-corrected chi connectivity index (χ3v) is 3.79. The van der Waals surface area contributed by atoms with Gasteiger partial charge in [0.05, 0.1) is 0 Å². The molecule has 1 aromatic carbocycles. The van der Waals surface area contributed by atoms with Crippen LogP contribution in [0.25, 0.3) is 0 Å².